The molecule has 1 atom stereocenters. The normalized spacial score (nSPS) is 20.1. The highest BCUT2D eigenvalue weighted by molar-refractivity contribution is 7.19. The van der Waals surface area contributed by atoms with Crippen molar-refractivity contribution in [3.63, 3.8) is 0 Å². The van der Waals surface area contributed by atoms with Gasteiger partial charge in [-0.15, -0.1) is 16.4 Å². The number of carbonyl (C=O) groups excluding carboxylic acids is 1. The number of aromatic nitrogens is 4. The molecule has 0 unspecified atom stereocenters. The van der Waals surface area contributed by atoms with Gasteiger partial charge in [0.1, 0.15) is 17.2 Å². The van der Waals surface area contributed by atoms with Gasteiger partial charge in [-0.3, -0.25) is 4.79 Å². The summed E-state index contributed by atoms with van der Waals surface area (Å²) in [6, 6.07) is 0. The van der Waals surface area contributed by atoms with Crippen molar-refractivity contribution in [3.05, 3.63) is 26.7 Å². The fourth-order valence-corrected chi connectivity index (χ4v) is 6.00. The number of fused-ring (bicyclic) bond motifs is 5. The first kappa shape index (κ1) is 17.8. The van der Waals surface area contributed by atoms with E-state index < -0.39 is 0 Å². The number of nitrogens with zero attached hydrogens (tertiary/aromatic N) is 5. The number of hydrogen-bond donors (Lipinski definition) is 0. The van der Waals surface area contributed by atoms with Crippen molar-refractivity contribution in [2.45, 2.75) is 58.9 Å². The van der Waals surface area contributed by atoms with Crippen LogP contribution >= 0.6 is 11.3 Å². The Labute approximate surface area is 167 Å². The Bertz CT molecular complexity index is 1140. The molecule has 5 rings (SSSR count). The van der Waals surface area contributed by atoms with Gasteiger partial charge in [-0.1, -0.05) is 6.92 Å². The molecule has 28 heavy (non-hydrogen) atoms. The largest absolute Gasteiger partial charge is 0.352 e. The minimum Gasteiger partial charge on any atom is -0.341 e. The Hall–Kier alpha value is -2.22. The van der Waals surface area contributed by atoms with Crippen LogP contribution in [0.25, 0.3) is 15.9 Å². The molecule has 0 aromatic carbocycles. The van der Waals surface area contributed by atoms with Crippen LogP contribution in [0, 0.1) is 12.8 Å². The second kappa shape index (κ2) is 6.69. The number of thiophene rings is 1. The fourth-order valence-electron chi connectivity index (χ4n) is 4.58. The van der Waals surface area contributed by atoms with Crippen LogP contribution in [-0.2, 0) is 24.2 Å². The molecule has 1 saturated heterocycles. The van der Waals surface area contributed by atoms with E-state index in [9.17, 15) is 9.59 Å². The Kier molecular flexibility index (Phi) is 4.26. The van der Waals surface area contributed by atoms with E-state index in [2.05, 4.69) is 12.0 Å². The molecule has 0 N–H and O–H groups in total. The summed E-state index contributed by atoms with van der Waals surface area (Å²) in [6.07, 6.45) is 6.47. The van der Waals surface area contributed by atoms with Gasteiger partial charge in [-0.05, 0) is 56.9 Å². The minimum atomic E-state index is -0.267. The molecule has 0 bridgehead atoms. The average molecular weight is 400 g/mol. The Balaban J connectivity index is 1.61. The summed E-state index contributed by atoms with van der Waals surface area (Å²) in [4.78, 5) is 34.6. The number of carbonyl (C=O) groups is 1. The highest BCUT2D eigenvalue weighted by atomic mass is 32.1. The smallest absolute Gasteiger partial charge is 0.341 e. The molecule has 3 aromatic heterocycles. The summed E-state index contributed by atoms with van der Waals surface area (Å²) in [7, 11) is 0. The summed E-state index contributed by atoms with van der Waals surface area (Å²) >= 11 is 1.73. The molecule has 8 heteroatoms. The summed E-state index contributed by atoms with van der Waals surface area (Å²) in [5.74, 6) is 1.30. The van der Waals surface area contributed by atoms with Gasteiger partial charge in [-0.2, -0.15) is 0 Å². The first-order valence-electron chi connectivity index (χ1n) is 10.2. The molecule has 1 aliphatic carbocycles. The van der Waals surface area contributed by atoms with Gasteiger partial charge in [0.25, 0.3) is 0 Å². The van der Waals surface area contributed by atoms with E-state index in [0.29, 0.717) is 17.4 Å². The van der Waals surface area contributed by atoms with Gasteiger partial charge < -0.3 is 4.90 Å². The van der Waals surface area contributed by atoms with E-state index in [1.807, 2.05) is 11.8 Å². The minimum absolute atomic E-state index is 0.00477. The quantitative estimate of drug-likeness (QED) is 0.664. The molecule has 1 aliphatic heterocycles. The molecule has 4 heterocycles. The van der Waals surface area contributed by atoms with Crippen LogP contribution in [0.4, 0.5) is 0 Å². The lowest BCUT2D eigenvalue weighted by molar-refractivity contribution is -0.133. The highest BCUT2D eigenvalue weighted by Gasteiger charge is 2.26. The molecule has 7 nitrogen and oxygen atoms in total. The summed E-state index contributed by atoms with van der Waals surface area (Å²) in [5.41, 5.74) is 1.69. The molecular weight excluding hydrogens is 374 g/mol. The van der Waals surface area contributed by atoms with Gasteiger partial charge in [0.05, 0.1) is 5.39 Å². The predicted octanol–water partition coefficient (Wildman–Crippen LogP) is 2.55. The lowest BCUT2D eigenvalue weighted by Gasteiger charge is -2.26. The monoisotopic (exact) mass is 399 g/mol. The van der Waals surface area contributed by atoms with Gasteiger partial charge in [0.15, 0.2) is 5.65 Å². The van der Waals surface area contributed by atoms with Crippen LogP contribution in [0.15, 0.2) is 4.79 Å². The van der Waals surface area contributed by atoms with Crippen LogP contribution in [-0.4, -0.2) is 43.1 Å². The summed E-state index contributed by atoms with van der Waals surface area (Å²) in [6.45, 7) is 5.69. The zero-order valence-electron chi connectivity index (χ0n) is 16.4. The molecule has 0 radical (unpaired) electrons. The van der Waals surface area contributed by atoms with Crippen LogP contribution < -0.4 is 5.69 Å². The van der Waals surface area contributed by atoms with E-state index in [1.165, 1.54) is 21.5 Å². The van der Waals surface area contributed by atoms with Crippen molar-refractivity contribution < 1.29 is 4.79 Å². The number of likely N-dealkylation sites (tertiary alicyclic amines) is 1. The second-order valence-corrected chi connectivity index (χ2v) is 9.32. The number of piperidine rings is 1. The number of hydrogen-bond acceptors (Lipinski definition) is 5. The molecule has 1 fully saturated rings. The molecule has 3 aromatic rings. The van der Waals surface area contributed by atoms with E-state index >= 15 is 0 Å². The second-order valence-electron chi connectivity index (χ2n) is 8.23. The summed E-state index contributed by atoms with van der Waals surface area (Å²) < 4.78 is 2.91. The van der Waals surface area contributed by atoms with Gasteiger partial charge >= 0.3 is 5.69 Å². The van der Waals surface area contributed by atoms with Gasteiger partial charge in [-0.25, -0.2) is 18.9 Å². The number of rotatable bonds is 2. The van der Waals surface area contributed by atoms with Crippen molar-refractivity contribution in [1.82, 2.24) is 24.1 Å². The third-order valence-corrected chi connectivity index (χ3v) is 7.29. The topological polar surface area (TPSA) is 72.5 Å². The highest BCUT2D eigenvalue weighted by Crippen LogP contribution is 2.38. The lowest BCUT2D eigenvalue weighted by Crippen LogP contribution is -2.39. The van der Waals surface area contributed by atoms with Gasteiger partial charge in [0, 0.05) is 18.0 Å². The van der Waals surface area contributed by atoms with Crippen molar-refractivity contribution in [2.24, 2.45) is 5.92 Å². The van der Waals surface area contributed by atoms with Crippen LogP contribution in [0.3, 0.4) is 0 Å². The maximum absolute atomic E-state index is 13.0. The van der Waals surface area contributed by atoms with E-state index in [-0.39, 0.29) is 18.1 Å². The zero-order chi connectivity index (χ0) is 19.4. The Morgan fingerprint density at radius 2 is 2.04 bits per heavy atom. The average Bonchev–Trinajstić information content (AvgIpc) is 3.19. The number of aryl methyl sites for hydroxylation is 2. The standard InChI is InChI=1S/C20H25N5O2S/c1-12-6-7-14-15(10-12)28-19-17(14)18-22-24(20(27)25(18)13(2)21-19)11-16(26)23-8-4-3-5-9-23/h12H,3-11H2,1-2H3/t12-/m1/s1. The third-order valence-electron chi connectivity index (χ3n) is 6.14. The van der Waals surface area contributed by atoms with Crippen LogP contribution in [0.2, 0.25) is 0 Å². The van der Waals surface area contributed by atoms with Crippen molar-refractivity contribution in [2.75, 3.05) is 13.1 Å². The number of amides is 1. The van der Waals surface area contributed by atoms with Crippen molar-refractivity contribution >= 4 is 33.1 Å². The third kappa shape index (κ3) is 2.77. The first-order valence-corrected chi connectivity index (χ1v) is 11.0. The van der Waals surface area contributed by atoms with E-state index in [1.54, 1.807) is 15.7 Å². The molecule has 1 amide bonds. The molecule has 148 valence electrons. The predicted molar refractivity (Wildman–Crippen MR) is 109 cm³/mol. The molecular formula is C20H25N5O2S. The van der Waals surface area contributed by atoms with Crippen molar-refractivity contribution in [3.8, 4) is 0 Å². The van der Waals surface area contributed by atoms with Crippen LogP contribution in [0.5, 0.6) is 0 Å². The molecule has 0 saturated carbocycles. The van der Waals surface area contributed by atoms with Gasteiger partial charge in [0.2, 0.25) is 5.91 Å². The maximum Gasteiger partial charge on any atom is 0.352 e. The van der Waals surface area contributed by atoms with E-state index in [4.69, 9.17) is 4.98 Å². The lowest BCUT2D eigenvalue weighted by atomic mass is 9.89. The molecule has 2 aliphatic rings. The summed E-state index contributed by atoms with van der Waals surface area (Å²) in [5, 5.41) is 5.63. The Morgan fingerprint density at radius 1 is 1.25 bits per heavy atom. The van der Waals surface area contributed by atoms with Crippen molar-refractivity contribution in [1.29, 1.82) is 0 Å². The molecule has 0 spiro atoms. The zero-order valence-corrected chi connectivity index (χ0v) is 17.2. The van der Waals surface area contributed by atoms with Crippen LogP contribution in [0.1, 0.15) is 48.9 Å². The first-order chi connectivity index (χ1) is 13.5. The SMILES string of the molecule is Cc1nc2sc3c(c2c2nn(CC(=O)N4CCCCC4)c(=O)n12)CC[C@@H](C)C3. The van der Waals surface area contributed by atoms with E-state index in [0.717, 1.165) is 55.4 Å². The fraction of sp³-hybridized carbons (Fsp3) is 0.600. The Morgan fingerprint density at radius 3 is 2.82 bits per heavy atom. The maximum atomic E-state index is 13.0.